The van der Waals surface area contributed by atoms with E-state index in [1.165, 1.54) is 25.8 Å². The predicted octanol–water partition coefficient (Wildman–Crippen LogP) is 1.65. The van der Waals surface area contributed by atoms with Crippen molar-refractivity contribution in [2.24, 2.45) is 4.99 Å². The van der Waals surface area contributed by atoms with Crippen molar-refractivity contribution >= 4 is 35.8 Å². The molecule has 2 atom stereocenters. The molecule has 7 heteroatoms. The first-order valence-corrected chi connectivity index (χ1v) is 9.16. The maximum Gasteiger partial charge on any atom is 0.222 e. The van der Waals surface area contributed by atoms with Gasteiger partial charge in [-0.15, -0.1) is 24.0 Å². The Balaban J connectivity index is 0.00000288. The fourth-order valence-electron chi connectivity index (χ4n) is 3.64. The smallest absolute Gasteiger partial charge is 0.222 e. The van der Waals surface area contributed by atoms with E-state index in [9.17, 15) is 4.79 Å². The lowest BCUT2D eigenvalue weighted by Crippen LogP contribution is -2.51. The highest BCUT2D eigenvalue weighted by Gasteiger charge is 2.26. The summed E-state index contributed by atoms with van der Waals surface area (Å²) in [5.74, 6) is 1.11. The number of carbonyl (C=O) groups is 1. The van der Waals surface area contributed by atoms with Crippen LogP contribution in [0.25, 0.3) is 0 Å². The minimum atomic E-state index is 0. The van der Waals surface area contributed by atoms with Gasteiger partial charge in [0.2, 0.25) is 5.91 Å². The number of hydrogen-bond donors (Lipinski definition) is 2. The molecule has 24 heavy (non-hydrogen) atoms. The van der Waals surface area contributed by atoms with Gasteiger partial charge in [0.25, 0.3) is 0 Å². The molecule has 2 fully saturated rings. The molecule has 2 saturated heterocycles. The van der Waals surface area contributed by atoms with Crippen molar-refractivity contribution in [2.75, 3.05) is 39.8 Å². The van der Waals surface area contributed by atoms with E-state index in [0.29, 0.717) is 18.5 Å². The van der Waals surface area contributed by atoms with Gasteiger partial charge >= 0.3 is 0 Å². The topological polar surface area (TPSA) is 60.0 Å². The summed E-state index contributed by atoms with van der Waals surface area (Å²) >= 11 is 0. The number of likely N-dealkylation sites (N-methyl/N-ethyl adjacent to an activating group) is 1. The first kappa shape index (κ1) is 21.5. The van der Waals surface area contributed by atoms with E-state index in [4.69, 9.17) is 0 Å². The van der Waals surface area contributed by atoms with Crippen LogP contribution in [-0.4, -0.2) is 73.5 Å². The molecule has 2 rings (SSSR count). The van der Waals surface area contributed by atoms with Crippen molar-refractivity contribution < 1.29 is 4.79 Å². The molecule has 1 amide bonds. The van der Waals surface area contributed by atoms with Crippen LogP contribution in [0.5, 0.6) is 0 Å². The average molecular weight is 451 g/mol. The second kappa shape index (κ2) is 11.1. The summed E-state index contributed by atoms with van der Waals surface area (Å²) in [7, 11) is 1.82. The largest absolute Gasteiger partial charge is 0.355 e. The number of nitrogens with one attached hydrogen (secondary N) is 2. The van der Waals surface area contributed by atoms with Gasteiger partial charge in [-0.1, -0.05) is 20.3 Å². The molecule has 0 aromatic rings. The number of halogens is 1. The molecule has 0 aliphatic carbocycles. The number of guanidine groups is 1. The van der Waals surface area contributed by atoms with Crippen LogP contribution in [0.1, 0.15) is 46.0 Å². The minimum absolute atomic E-state index is 0. The minimum Gasteiger partial charge on any atom is -0.355 e. The Labute approximate surface area is 163 Å². The molecular formula is C17H34IN5O. The Bertz CT molecular complexity index is 418. The molecule has 140 valence electrons. The van der Waals surface area contributed by atoms with E-state index in [0.717, 1.165) is 38.6 Å². The molecule has 2 aliphatic heterocycles. The van der Waals surface area contributed by atoms with Crippen LogP contribution in [0.2, 0.25) is 0 Å². The Kier molecular flexibility index (Phi) is 9.95. The van der Waals surface area contributed by atoms with Gasteiger partial charge in [-0.3, -0.25) is 14.7 Å². The first-order valence-electron chi connectivity index (χ1n) is 9.16. The zero-order chi connectivity index (χ0) is 16.7. The van der Waals surface area contributed by atoms with Crippen molar-refractivity contribution in [2.45, 2.75) is 58.0 Å². The molecule has 2 unspecified atom stereocenters. The van der Waals surface area contributed by atoms with Gasteiger partial charge in [0.05, 0.1) is 0 Å². The predicted molar refractivity (Wildman–Crippen MR) is 110 cm³/mol. The summed E-state index contributed by atoms with van der Waals surface area (Å²) in [5, 5.41) is 6.96. The fraction of sp³-hybridized carbons (Fsp3) is 0.882. The zero-order valence-electron chi connectivity index (χ0n) is 15.4. The monoisotopic (exact) mass is 451 g/mol. The van der Waals surface area contributed by atoms with Crippen LogP contribution >= 0.6 is 24.0 Å². The molecule has 0 aromatic carbocycles. The van der Waals surface area contributed by atoms with E-state index in [-0.39, 0.29) is 29.9 Å². The number of aliphatic imine (C=N–C) groups is 1. The van der Waals surface area contributed by atoms with E-state index in [2.05, 4.69) is 27.4 Å². The molecule has 0 aromatic heterocycles. The van der Waals surface area contributed by atoms with E-state index in [1.54, 1.807) is 0 Å². The Morgan fingerprint density at radius 2 is 2.00 bits per heavy atom. The van der Waals surface area contributed by atoms with Crippen molar-refractivity contribution in [3.63, 3.8) is 0 Å². The Hall–Kier alpha value is -0.570. The van der Waals surface area contributed by atoms with Gasteiger partial charge in [-0.25, -0.2) is 0 Å². The normalized spacial score (nSPS) is 25.3. The molecule has 0 bridgehead atoms. The molecule has 0 saturated carbocycles. The van der Waals surface area contributed by atoms with Crippen molar-refractivity contribution in [3.05, 3.63) is 0 Å². The van der Waals surface area contributed by atoms with Crippen molar-refractivity contribution in [1.82, 2.24) is 20.4 Å². The number of piperidine rings is 1. The van der Waals surface area contributed by atoms with E-state index >= 15 is 0 Å². The summed E-state index contributed by atoms with van der Waals surface area (Å²) < 4.78 is 0. The fourth-order valence-corrected chi connectivity index (χ4v) is 3.64. The van der Waals surface area contributed by atoms with Crippen molar-refractivity contribution in [3.8, 4) is 0 Å². The second-order valence-corrected chi connectivity index (χ2v) is 6.55. The van der Waals surface area contributed by atoms with Crippen LogP contribution in [0.3, 0.4) is 0 Å². The van der Waals surface area contributed by atoms with Gasteiger partial charge in [0, 0.05) is 45.2 Å². The van der Waals surface area contributed by atoms with Gasteiger partial charge < -0.3 is 15.5 Å². The maximum atomic E-state index is 11.8. The molecule has 2 aliphatic rings. The summed E-state index contributed by atoms with van der Waals surface area (Å²) in [4.78, 5) is 20.6. The zero-order valence-corrected chi connectivity index (χ0v) is 17.7. The lowest BCUT2D eigenvalue weighted by Gasteiger charge is -2.35. The van der Waals surface area contributed by atoms with Crippen LogP contribution in [0.4, 0.5) is 0 Å². The highest BCUT2D eigenvalue weighted by Crippen LogP contribution is 2.15. The molecule has 2 N–H and O–H groups in total. The van der Waals surface area contributed by atoms with Gasteiger partial charge in [0.1, 0.15) is 0 Å². The summed E-state index contributed by atoms with van der Waals surface area (Å²) in [5.41, 5.74) is 0. The highest BCUT2D eigenvalue weighted by atomic mass is 127. The molecule has 2 heterocycles. The summed E-state index contributed by atoms with van der Waals surface area (Å²) in [6.45, 7) is 9.08. The average Bonchev–Trinajstić information content (AvgIpc) is 3.06. The molecular weight excluding hydrogens is 417 g/mol. The Morgan fingerprint density at radius 1 is 1.21 bits per heavy atom. The number of likely N-dealkylation sites (tertiary alicyclic amines) is 2. The third-order valence-electron chi connectivity index (χ3n) is 5.07. The first-order chi connectivity index (χ1) is 11.2. The molecule has 6 nitrogen and oxygen atoms in total. The van der Waals surface area contributed by atoms with Gasteiger partial charge in [-0.2, -0.15) is 0 Å². The lowest BCUT2D eigenvalue weighted by atomic mass is 10.0. The number of nitrogens with zero attached hydrogens (tertiary/aromatic N) is 3. The standard InChI is InChI=1S/C17H33N5O.HI/c1-4-16(23)22-11-9-14(13-22)20-17(18-3)19-12-15-8-6-7-10-21(15)5-2;/h14-15H,4-13H2,1-3H3,(H2,18,19,20);1H. The quantitative estimate of drug-likeness (QED) is 0.379. The van der Waals surface area contributed by atoms with Gasteiger partial charge in [0.15, 0.2) is 5.96 Å². The summed E-state index contributed by atoms with van der Waals surface area (Å²) in [6.07, 6.45) is 5.50. The van der Waals surface area contributed by atoms with E-state index in [1.807, 2.05) is 18.9 Å². The van der Waals surface area contributed by atoms with E-state index < -0.39 is 0 Å². The third kappa shape index (κ3) is 6.06. The third-order valence-corrected chi connectivity index (χ3v) is 5.07. The van der Waals surface area contributed by atoms with Crippen LogP contribution in [0, 0.1) is 0 Å². The number of amides is 1. The Morgan fingerprint density at radius 3 is 2.67 bits per heavy atom. The SMILES string of the molecule is CCC(=O)N1CCC(NC(=NC)NCC2CCCCN2CC)C1.I. The number of carbonyl (C=O) groups excluding carboxylic acids is 1. The van der Waals surface area contributed by atoms with Crippen LogP contribution in [0.15, 0.2) is 4.99 Å². The number of hydrogen-bond acceptors (Lipinski definition) is 3. The highest BCUT2D eigenvalue weighted by molar-refractivity contribution is 14.0. The molecule has 0 radical (unpaired) electrons. The van der Waals surface area contributed by atoms with Crippen molar-refractivity contribution in [1.29, 1.82) is 0 Å². The van der Waals surface area contributed by atoms with Crippen LogP contribution < -0.4 is 10.6 Å². The maximum absolute atomic E-state index is 11.8. The number of rotatable bonds is 5. The second-order valence-electron chi connectivity index (χ2n) is 6.55. The molecule has 0 spiro atoms. The van der Waals surface area contributed by atoms with Gasteiger partial charge in [-0.05, 0) is 32.4 Å². The summed E-state index contributed by atoms with van der Waals surface area (Å²) in [6, 6.07) is 0.916. The van der Waals surface area contributed by atoms with Crippen LogP contribution in [-0.2, 0) is 4.79 Å². The lowest BCUT2D eigenvalue weighted by molar-refractivity contribution is -0.129.